The quantitative estimate of drug-likeness (QED) is 0.187. The molecule has 0 saturated carbocycles. The molecule has 37 heavy (non-hydrogen) atoms. The molecule has 0 radical (unpaired) electrons. The van der Waals surface area contributed by atoms with Gasteiger partial charge in [0, 0.05) is 16.0 Å². The molecule has 0 fully saturated rings. The molecular formula is C25H25BrF2NO5PS2. The Labute approximate surface area is 229 Å². The topological polar surface area (TPSA) is 82.0 Å². The summed E-state index contributed by atoms with van der Waals surface area (Å²) < 4.78 is 69.2. The fraction of sp³-hybridized carbons (Fsp3) is 0.280. The van der Waals surface area contributed by atoms with Gasteiger partial charge in [-0.15, -0.1) is 9.46 Å². The summed E-state index contributed by atoms with van der Waals surface area (Å²) in [6, 6.07) is 21.3. The monoisotopic (exact) mass is 631 g/mol. The van der Waals surface area contributed by atoms with E-state index in [1.165, 1.54) is 0 Å². The molecule has 12 heteroatoms. The Morgan fingerprint density at radius 3 is 2.19 bits per heavy atom. The van der Waals surface area contributed by atoms with Crippen molar-refractivity contribution >= 4 is 45.8 Å². The molecule has 0 heterocycles. The van der Waals surface area contributed by atoms with Crippen LogP contribution < -0.4 is 0 Å². The lowest BCUT2D eigenvalue weighted by atomic mass is 9.90. The highest BCUT2D eigenvalue weighted by Crippen LogP contribution is 2.53. The number of nitrogens with zero attached hydrogens (tertiary/aromatic N) is 1. The Balaban J connectivity index is 1.63. The predicted molar refractivity (Wildman–Crippen MR) is 146 cm³/mol. The van der Waals surface area contributed by atoms with E-state index in [2.05, 4.69) is 41.9 Å². The third kappa shape index (κ3) is 8.84. The second-order valence-electron chi connectivity index (χ2n) is 8.98. The molecule has 0 bridgehead atoms. The summed E-state index contributed by atoms with van der Waals surface area (Å²) in [5.41, 5.74) is 4.87. The van der Waals surface area contributed by atoms with Gasteiger partial charge >= 0.3 is 18.1 Å². The lowest BCUT2D eigenvalue weighted by Crippen LogP contribution is -2.20. The van der Waals surface area contributed by atoms with Crippen LogP contribution in [0.1, 0.15) is 36.1 Å². The van der Waals surface area contributed by atoms with Crippen molar-refractivity contribution < 1.29 is 31.5 Å². The minimum atomic E-state index is -4.45. The number of rotatable bonds is 12. The van der Waals surface area contributed by atoms with E-state index in [0.717, 1.165) is 33.6 Å². The van der Waals surface area contributed by atoms with E-state index in [1.54, 1.807) is 43.8 Å². The summed E-state index contributed by atoms with van der Waals surface area (Å²) in [7, 11) is -6.92. The van der Waals surface area contributed by atoms with Crippen molar-refractivity contribution in [3.05, 3.63) is 93.5 Å². The Morgan fingerprint density at radius 2 is 1.57 bits per heavy atom. The predicted octanol–water partition coefficient (Wildman–Crippen LogP) is 8.43. The van der Waals surface area contributed by atoms with Crippen molar-refractivity contribution in [1.29, 1.82) is 0 Å². The smallest absolute Gasteiger partial charge is 0.254 e. The number of hydrogen-bond donors (Lipinski definition) is 0. The maximum Gasteiger partial charge on any atom is 0.399 e. The number of halogens is 3. The zero-order valence-corrected chi connectivity index (χ0v) is 24.2. The van der Waals surface area contributed by atoms with Crippen molar-refractivity contribution in [2.75, 3.05) is 0 Å². The van der Waals surface area contributed by atoms with Gasteiger partial charge in [-0.3, -0.25) is 4.57 Å². The van der Waals surface area contributed by atoms with E-state index in [-0.39, 0.29) is 0 Å². The summed E-state index contributed by atoms with van der Waals surface area (Å²) in [6.07, 6.45) is -0.0455. The number of benzene rings is 3. The Bertz CT molecular complexity index is 1400. The van der Waals surface area contributed by atoms with E-state index in [1.807, 2.05) is 36.4 Å². The summed E-state index contributed by atoms with van der Waals surface area (Å²) in [5.74, 6) is 1.46. The van der Waals surface area contributed by atoms with Crippen LogP contribution in [0.4, 0.5) is 9.05 Å². The summed E-state index contributed by atoms with van der Waals surface area (Å²) in [4.78, 5) is 0. The average molecular weight is 632 g/mol. The molecule has 0 spiro atoms. The van der Waals surface area contributed by atoms with E-state index in [4.69, 9.17) is 0 Å². The molecule has 0 aliphatic carbocycles. The SMILES string of the molecule is CC(C)(Cc1ccccc1-c1ccc(CSCc2ccc(CP(=O)(OF)OF)c(Br)c2)cc1)N=S(=O)=O. The number of thioether (sulfide) groups is 1. The zero-order chi connectivity index (χ0) is 27.1. The molecule has 198 valence electrons. The lowest BCUT2D eigenvalue weighted by Gasteiger charge is -2.19. The van der Waals surface area contributed by atoms with Gasteiger partial charge in [-0.2, -0.15) is 24.5 Å². The molecule has 3 aromatic rings. The van der Waals surface area contributed by atoms with Gasteiger partial charge in [-0.05, 0) is 68.8 Å². The van der Waals surface area contributed by atoms with Crippen LogP contribution in [0.3, 0.4) is 0 Å². The van der Waals surface area contributed by atoms with Crippen LogP contribution in [0.15, 0.2) is 75.6 Å². The second-order valence-corrected chi connectivity index (χ2v) is 13.2. The van der Waals surface area contributed by atoms with E-state index < -0.39 is 29.8 Å². The zero-order valence-electron chi connectivity index (χ0n) is 20.1. The third-order valence-electron chi connectivity index (χ3n) is 5.46. The normalized spacial score (nSPS) is 11.9. The number of hydrogen-bond acceptors (Lipinski definition) is 7. The fourth-order valence-corrected chi connectivity index (χ4v) is 6.81. The van der Waals surface area contributed by atoms with Crippen LogP contribution in [0.2, 0.25) is 0 Å². The van der Waals surface area contributed by atoms with Gasteiger partial charge in [-0.1, -0.05) is 76.6 Å². The third-order valence-corrected chi connectivity index (χ3v) is 9.06. The highest BCUT2D eigenvalue weighted by atomic mass is 79.9. The largest absolute Gasteiger partial charge is 0.399 e. The van der Waals surface area contributed by atoms with Crippen molar-refractivity contribution in [2.24, 2.45) is 4.36 Å². The Kier molecular flexibility index (Phi) is 10.6. The van der Waals surface area contributed by atoms with E-state index in [0.29, 0.717) is 22.2 Å². The molecule has 3 aromatic carbocycles. The molecule has 0 aliphatic rings. The molecule has 0 aromatic heterocycles. The van der Waals surface area contributed by atoms with E-state index >= 15 is 0 Å². The first kappa shape index (κ1) is 29.7. The summed E-state index contributed by atoms with van der Waals surface area (Å²) in [6.45, 7) is 3.59. The second kappa shape index (κ2) is 13.3. The van der Waals surface area contributed by atoms with Gasteiger partial charge in [-0.25, -0.2) is 0 Å². The fourth-order valence-electron chi connectivity index (χ4n) is 3.80. The van der Waals surface area contributed by atoms with Crippen LogP contribution >= 0.6 is 35.3 Å². The van der Waals surface area contributed by atoms with Crippen LogP contribution in [-0.4, -0.2) is 14.0 Å². The van der Waals surface area contributed by atoms with Crippen molar-refractivity contribution in [3.8, 4) is 11.1 Å². The maximum absolute atomic E-state index is 12.3. The van der Waals surface area contributed by atoms with E-state index in [9.17, 15) is 22.0 Å². The van der Waals surface area contributed by atoms with Gasteiger partial charge in [0.1, 0.15) is 0 Å². The van der Waals surface area contributed by atoms with Gasteiger partial charge < -0.3 is 0 Å². The highest BCUT2D eigenvalue weighted by molar-refractivity contribution is 9.10. The molecule has 0 aliphatic heterocycles. The molecule has 0 atom stereocenters. The Hall–Kier alpha value is -1.88. The maximum atomic E-state index is 12.3. The first-order chi connectivity index (χ1) is 17.5. The molecule has 6 nitrogen and oxygen atoms in total. The standard InChI is InChI=1S/C25H25BrF2NO5PS2/c1-25(2,29-37(31)32)14-21-5-3-4-6-23(21)20-10-7-18(8-11-20)16-36-17-19-9-12-22(24(26)13-19)15-35(30,33-27)34-28/h3-13H,14-17H2,1-2H3. The average Bonchev–Trinajstić information content (AvgIpc) is 2.85. The Morgan fingerprint density at radius 1 is 0.946 bits per heavy atom. The highest BCUT2D eigenvalue weighted by Gasteiger charge is 2.29. The van der Waals surface area contributed by atoms with Gasteiger partial charge in [0.2, 0.25) is 0 Å². The summed E-state index contributed by atoms with van der Waals surface area (Å²) >= 11 is 5.04. The van der Waals surface area contributed by atoms with Crippen molar-refractivity contribution in [1.82, 2.24) is 0 Å². The van der Waals surface area contributed by atoms with Gasteiger partial charge in [0.05, 0.1) is 11.7 Å². The minimum absolute atomic E-state index is 0.404. The van der Waals surface area contributed by atoms with Gasteiger partial charge in [0.15, 0.2) is 0 Å². The minimum Gasteiger partial charge on any atom is -0.254 e. The molecule has 0 saturated heterocycles. The lowest BCUT2D eigenvalue weighted by molar-refractivity contribution is -0.0881. The van der Waals surface area contributed by atoms with Crippen molar-refractivity contribution in [2.45, 2.75) is 43.5 Å². The summed E-state index contributed by atoms with van der Waals surface area (Å²) in [5, 5.41) is 0. The first-order valence-electron chi connectivity index (χ1n) is 11.1. The van der Waals surface area contributed by atoms with Gasteiger partial charge in [0.25, 0.3) is 0 Å². The molecule has 3 rings (SSSR count). The van der Waals surface area contributed by atoms with Crippen LogP contribution in [0, 0.1) is 0 Å². The van der Waals surface area contributed by atoms with Crippen LogP contribution in [0.25, 0.3) is 11.1 Å². The first-order valence-corrected chi connectivity index (χ1v) is 15.8. The van der Waals surface area contributed by atoms with Crippen LogP contribution in [0.5, 0.6) is 0 Å². The molecular weight excluding hydrogens is 607 g/mol. The molecule has 0 amide bonds. The van der Waals surface area contributed by atoms with Crippen molar-refractivity contribution in [3.63, 3.8) is 0 Å². The molecule has 0 N–H and O–H groups in total. The van der Waals surface area contributed by atoms with Crippen LogP contribution in [-0.2, 0) is 48.6 Å². The molecule has 0 unspecified atom stereocenters.